The number of hydrogen-bond acceptors (Lipinski definition) is 2. The van der Waals surface area contributed by atoms with Gasteiger partial charge in [0.15, 0.2) is 5.43 Å². The van der Waals surface area contributed by atoms with Gasteiger partial charge < -0.3 is 9.72 Å². The summed E-state index contributed by atoms with van der Waals surface area (Å²) in [6, 6.07) is 7.43. The van der Waals surface area contributed by atoms with E-state index >= 15 is 0 Å². The van der Waals surface area contributed by atoms with E-state index in [0.29, 0.717) is 17.9 Å². The van der Waals surface area contributed by atoms with Crippen molar-refractivity contribution >= 4 is 10.9 Å². The molecule has 0 radical (unpaired) electrons. The van der Waals surface area contributed by atoms with Crippen LogP contribution in [0.4, 0.5) is 0 Å². The lowest BCUT2D eigenvalue weighted by atomic mass is 10.1. The van der Waals surface area contributed by atoms with Gasteiger partial charge in [-0.1, -0.05) is 6.92 Å². The lowest BCUT2D eigenvalue weighted by Gasteiger charge is -2.07. The van der Waals surface area contributed by atoms with Gasteiger partial charge in [-0.2, -0.15) is 0 Å². The van der Waals surface area contributed by atoms with Crippen molar-refractivity contribution in [3.8, 4) is 5.75 Å². The Bertz CT molecular complexity index is 626. The molecule has 1 N–H and O–H groups in total. The fourth-order valence-corrected chi connectivity index (χ4v) is 2.17. The fraction of sp³-hybridized carbons (Fsp3) is 0.400. The molecule has 0 amide bonds. The Balaban J connectivity index is 2.03. The molecule has 18 heavy (non-hydrogen) atoms. The molecule has 0 bridgehead atoms. The number of ether oxygens (including phenoxy) is 1. The number of pyridine rings is 1. The molecule has 3 rings (SSSR count). The first-order valence-corrected chi connectivity index (χ1v) is 6.57. The number of aromatic nitrogens is 1. The summed E-state index contributed by atoms with van der Waals surface area (Å²) in [4.78, 5) is 15.4. The third-order valence-corrected chi connectivity index (χ3v) is 3.31. The first-order chi connectivity index (χ1) is 8.78. The van der Waals surface area contributed by atoms with E-state index in [-0.39, 0.29) is 5.43 Å². The Morgan fingerprint density at radius 3 is 2.89 bits per heavy atom. The Labute approximate surface area is 106 Å². The number of nitrogens with one attached hydrogen (secondary N) is 1. The van der Waals surface area contributed by atoms with Crippen LogP contribution >= 0.6 is 0 Å². The van der Waals surface area contributed by atoms with Gasteiger partial charge in [-0.3, -0.25) is 4.79 Å². The minimum atomic E-state index is 0.0904. The molecule has 0 spiro atoms. The Morgan fingerprint density at radius 1 is 1.33 bits per heavy atom. The molecule has 3 nitrogen and oxygen atoms in total. The standard InChI is InChI=1S/C15H17NO2/c1-2-7-18-11-5-6-13-12(8-11)15(17)9-14(16-13)10-3-4-10/h5-6,8-10H,2-4,7H2,1H3,(H,16,17). The molecule has 0 aliphatic heterocycles. The summed E-state index contributed by atoms with van der Waals surface area (Å²) < 4.78 is 5.56. The predicted molar refractivity (Wildman–Crippen MR) is 72.3 cm³/mol. The summed E-state index contributed by atoms with van der Waals surface area (Å²) in [7, 11) is 0. The number of fused-ring (bicyclic) bond motifs is 1. The number of benzene rings is 1. The molecule has 1 aliphatic carbocycles. The van der Waals surface area contributed by atoms with Gasteiger partial charge in [0.25, 0.3) is 0 Å². The van der Waals surface area contributed by atoms with Crippen molar-refractivity contribution in [1.82, 2.24) is 4.98 Å². The quantitative estimate of drug-likeness (QED) is 0.896. The molecule has 1 aromatic heterocycles. The summed E-state index contributed by atoms with van der Waals surface area (Å²) >= 11 is 0. The molecule has 1 aromatic carbocycles. The van der Waals surface area contributed by atoms with Crippen LogP contribution in [0.15, 0.2) is 29.1 Å². The molecule has 0 unspecified atom stereocenters. The molecule has 0 atom stereocenters. The average Bonchev–Trinajstić information content (AvgIpc) is 3.20. The van der Waals surface area contributed by atoms with Crippen LogP contribution in [0.3, 0.4) is 0 Å². The van der Waals surface area contributed by atoms with E-state index in [1.165, 1.54) is 12.8 Å². The van der Waals surface area contributed by atoms with Crippen molar-refractivity contribution in [2.75, 3.05) is 6.61 Å². The Morgan fingerprint density at radius 2 is 2.17 bits per heavy atom. The van der Waals surface area contributed by atoms with Crippen LogP contribution in [0.1, 0.15) is 37.8 Å². The van der Waals surface area contributed by atoms with Crippen LogP contribution in [-0.4, -0.2) is 11.6 Å². The van der Waals surface area contributed by atoms with E-state index in [4.69, 9.17) is 4.74 Å². The van der Waals surface area contributed by atoms with Crippen LogP contribution in [0.2, 0.25) is 0 Å². The van der Waals surface area contributed by atoms with Gasteiger partial charge in [-0.15, -0.1) is 0 Å². The van der Waals surface area contributed by atoms with Crippen LogP contribution in [0, 0.1) is 0 Å². The number of H-pyrrole nitrogens is 1. The molecule has 3 heteroatoms. The van der Waals surface area contributed by atoms with Gasteiger partial charge in [0, 0.05) is 22.7 Å². The third-order valence-electron chi connectivity index (χ3n) is 3.31. The van der Waals surface area contributed by atoms with Crippen LogP contribution in [-0.2, 0) is 0 Å². The fourth-order valence-electron chi connectivity index (χ4n) is 2.17. The van der Waals surface area contributed by atoms with Crippen molar-refractivity contribution in [2.24, 2.45) is 0 Å². The number of hydrogen-bond donors (Lipinski definition) is 1. The van der Waals surface area contributed by atoms with Crippen molar-refractivity contribution in [2.45, 2.75) is 32.1 Å². The number of rotatable bonds is 4. The molecular weight excluding hydrogens is 226 g/mol. The second kappa shape index (κ2) is 4.48. The molecule has 94 valence electrons. The first kappa shape index (κ1) is 11.3. The summed E-state index contributed by atoms with van der Waals surface area (Å²) in [5.74, 6) is 1.34. The van der Waals surface area contributed by atoms with Crippen LogP contribution < -0.4 is 10.2 Å². The van der Waals surface area contributed by atoms with Crippen LogP contribution in [0.25, 0.3) is 10.9 Å². The first-order valence-electron chi connectivity index (χ1n) is 6.57. The van der Waals surface area contributed by atoms with Gasteiger partial charge in [-0.05, 0) is 43.4 Å². The molecule has 1 aliphatic rings. The second-order valence-electron chi connectivity index (χ2n) is 4.92. The predicted octanol–water partition coefficient (Wildman–Crippen LogP) is 3.19. The largest absolute Gasteiger partial charge is 0.494 e. The summed E-state index contributed by atoms with van der Waals surface area (Å²) in [5.41, 5.74) is 2.08. The molecular formula is C15H17NO2. The zero-order chi connectivity index (χ0) is 12.5. The second-order valence-corrected chi connectivity index (χ2v) is 4.92. The minimum absolute atomic E-state index is 0.0904. The third kappa shape index (κ3) is 2.13. The van der Waals surface area contributed by atoms with Gasteiger partial charge in [0.05, 0.1) is 6.61 Å². The summed E-state index contributed by atoms with van der Waals surface area (Å²) in [6.07, 6.45) is 3.35. The van der Waals surface area contributed by atoms with E-state index in [9.17, 15) is 4.79 Å². The highest BCUT2D eigenvalue weighted by atomic mass is 16.5. The maximum absolute atomic E-state index is 12.1. The maximum atomic E-state index is 12.1. The zero-order valence-electron chi connectivity index (χ0n) is 10.5. The SMILES string of the molecule is CCCOc1ccc2[nH]c(C3CC3)cc(=O)c2c1. The average molecular weight is 243 g/mol. The van der Waals surface area contributed by atoms with E-state index in [2.05, 4.69) is 11.9 Å². The summed E-state index contributed by atoms with van der Waals surface area (Å²) in [5, 5.41) is 0.716. The van der Waals surface area contributed by atoms with Gasteiger partial charge in [0.1, 0.15) is 5.75 Å². The molecule has 2 aromatic rings. The lowest BCUT2D eigenvalue weighted by Crippen LogP contribution is -2.05. The minimum Gasteiger partial charge on any atom is -0.494 e. The smallest absolute Gasteiger partial charge is 0.189 e. The van der Waals surface area contributed by atoms with Crippen molar-refractivity contribution < 1.29 is 4.74 Å². The summed E-state index contributed by atoms with van der Waals surface area (Å²) in [6.45, 7) is 2.75. The Hall–Kier alpha value is -1.77. The molecule has 0 saturated heterocycles. The van der Waals surface area contributed by atoms with Gasteiger partial charge in [-0.25, -0.2) is 0 Å². The van der Waals surface area contributed by atoms with Crippen molar-refractivity contribution in [3.63, 3.8) is 0 Å². The monoisotopic (exact) mass is 243 g/mol. The Kier molecular flexibility index (Phi) is 2.82. The zero-order valence-corrected chi connectivity index (χ0v) is 10.5. The highest BCUT2D eigenvalue weighted by Gasteiger charge is 2.24. The van der Waals surface area contributed by atoms with Gasteiger partial charge >= 0.3 is 0 Å². The highest BCUT2D eigenvalue weighted by molar-refractivity contribution is 5.80. The topological polar surface area (TPSA) is 42.1 Å². The van der Waals surface area contributed by atoms with Crippen LogP contribution in [0.5, 0.6) is 5.75 Å². The highest BCUT2D eigenvalue weighted by Crippen LogP contribution is 2.38. The normalized spacial score (nSPS) is 14.9. The van der Waals surface area contributed by atoms with E-state index in [1.54, 1.807) is 6.07 Å². The van der Waals surface area contributed by atoms with Crippen molar-refractivity contribution in [3.05, 3.63) is 40.2 Å². The molecule has 1 fully saturated rings. The maximum Gasteiger partial charge on any atom is 0.189 e. The van der Waals surface area contributed by atoms with E-state index in [0.717, 1.165) is 23.4 Å². The van der Waals surface area contributed by atoms with Gasteiger partial charge in [0.2, 0.25) is 0 Å². The molecule has 1 heterocycles. The van der Waals surface area contributed by atoms with E-state index in [1.807, 2.05) is 18.2 Å². The van der Waals surface area contributed by atoms with Crippen molar-refractivity contribution in [1.29, 1.82) is 0 Å². The molecule has 1 saturated carbocycles. The van der Waals surface area contributed by atoms with E-state index < -0.39 is 0 Å². The lowest BCUT2D eigenvalue weighted by molar-refractivity contribution is 0.318. The number of aromatic amines is 1.